The molecule has 2 rings (SSSR count). The Bertz CT molecular complexity index is 1070. The molecule has 1 heterocycles. The van der Waals surface area contributed by atoms with Gasteiger partial charge in [-0.3, -0.25) is 4.79 Å². The minimum absolute atomic E-state index is 0.00263. The van der Waals surface area contributed by atoms with Gasteiger partial charge in [-0.15, -0.1) is 11.3 Å². The molecule has 1 aromatic heterocycles. The van der Waals surface area contributed by atoms with E-state index >= 15 is 0 Å². The van der Waals surface area contributed by atoms with Crippen molar-refractivity contribution in [3.05, 3.63) is 35.2 Å². The Morgan fingerprint density at radius 3 is 2.32 bits per heavy atom. The number of carbonyl (C=O) groups is 1. The van der Waals surface area contributed by atoms with E-state index in [0.717, 1.165) is 17.4 Å². The molecule has 0 unspecified atom stereocenters. The zero-order chi connectivity index (χ0) is 21.1. The number of benzene rings is 1. The number of hydrogen-bond donors (Lipinski definition) is 2. The molecular weight excluding hydrogens is 426 g/mol. The first-order chi connectivity index (χ1) is 13.0. The molecule has 2 aromatic rings. The van der Waals surface area contributed by atoms with Crippen molar-refractivity contribution in [2.24, 2.45) is 5.14 Å². The monoisotopic (exact) mass is 447 g/mol. The van der Waals surface area contributed by atoms with Gasteiger partial charge in [0, 0.05) is 18.5 Å². The van der Waals surface area contributed by atoms with Gasteiger partial charge in [0.15, 0.2) is 0 Å². The third kappa shape index (κ3) is 4.70. The highest BCUT2D eigenvalue weighted by molar-refractivity contribution is 7.91. The van der Waals surface area contributed by atoms with Crippen molar-refractivity contribution >= 4 is 43.0 Å². The number of rotatable bonds is 8. The minimum Gasteiger partial charge on any atom is -0.495 e. The number of hydrogen-bond acceptors (Lipinski definition) is 7. The van der Waals surface area contributed by atoms with Crippen molar-refractivity contribution in [1.82, 2.24) is 4.31 Å². The zero-order valence-corrected chi connectivity index (χ0v) is 17.9. The fraction of sp³-hybridized carbons (Fsp3) is 0.312. The molecule has 1 amide bonds. The lowest BCUT2D eigenvalue weighted by atomic mass is 10.2. The largest absolute Gasteiger partial charge is 0.495 e. The summed E-state index contributed by atoms with van der Waals surface area (Å²) in [4.78, 5) is 12.5. The van der Waals surface area contributed by atoms with Crippen molar-refractivity contribution in [1.29, 1.82) is 0 Å². The molecule has 12 heteroatoms. The van der Waals surface area contributed by atoms with Crippen LogP contribution in [0.15, 0.2) is 38.8 Å². The number of ether oxygens (including phenoxy) is 1. The maximum atomic E-state index is 12.7. The smallest absolute Gasteiger partial charge is 0.256 e. The maximum Gasteiger partial charge on any atom is 0.256 e. The van der Waals surface area contributed by atoms with Crippen LogP contribution in [0, 0.1) is 0 Å². The van der Waals surface area contributed by atoms with Crippen LogP contribution < -0.4 is 15.2 Å². The third-order valence-electron chi connectivity index (χ3n) is 3.88. The fourth-order valence-electron chi connectivity index (χ4n) is 2.44. The number of nitrogens with zero attached hydrogens (tertiary/aromatic N) is 1. The van der Waals surface area contributed by atoms with Crippen molar-refractivity contribution in [2.75, 3.05) is 25.5 Å². The van der Waals surface area contributed by atoms with Crippen LogP contribution in [0.3, 0.4) is 0 Å². The Morgan fingerprint density at radius 2 is 1.82 bits per heavy atom. The van der Waals surface area contributed by atoms with Crippen LogP contribution in [0.5, 0.6) is 5.75 Å². The van der Waals surface area contributed by atoms with Crippen LogP contribution in [0.4, 0.5) is 5.69 Å². The molecule has 3 N–H and O–H groups in total. The van der Waals surface area contributed by atoms with Crippen LogP contribution in [-0.2, 0) is 20.0 Å². The lowest BCUT2D eigenvalue weighted by molar-refractivity contribution is 0.102. The molecule has 0 saturated carbocycles. The summed E-state index contributed by atoms with van der Waals surface area (Å²) in [5.41, 5.74) is 0.220. The third-order valence-corrected chi connectivity index (χ3v) is 8.31. The lowest BCUT2D eigenvalue weighted by Crippen LogP contribution is -2.30. The second-order valence-corrected chi connectivity index (χ2v) is 10.2. The second-order valence-electron chi connectivity index (χ2n) is 5.60. The van der Waals surface area contributed by atoms with Crippen molar-refractivity contribution in [2.45, 2.75) is 23.0 Å². The first-order valence-corrected chi connectivity index (χ1v) is 12.0. The summed E-state index contributed by atoms with van der Waals surface area (Å²) in [5.74, 6) is -0.365. The van der Waals surface area contributed by atoms with Crippen molar-refractivity contribution in [3.63, 3.8) is 0 Å². The number of thiophene rings is 1. The molecule has 1 aromatic carbocycles. The molecular formula is C16H21N3O6S3. The fourth-order valence-corrected chi connectivity index (χ4v) is 5.51. The van der Waals surface area contributed by atoms with Crippen molar-refractivity contribution in [3.8, 4) is 5.75 Å². The zero-order valence-electron chi connectivity index (χ0n) is 15.5. The van der Waals surface area contributed by atoms with Crippen LogP contribution in [0.25, 0.3) is 0 Å². The van der Waals surface area contributed by atoms with E-state index in [1.54, 1.807) is 13.8 Å². The van der Waals surface area contributed by atoms with Crippen LogP contribution in [0.2, 0.25) is 0 Å². The first kappa shape index (κ1) is 22.3. The number of amides is 1. The van der Waals surface area contributed by atoms with Gasteiger partial charge in [-0.05, 0) is 24.3 Å². The molecule has 0 atom stereocenters. The Kier molecular flexibility index (Phi) is 6.83. The van der Waals surface area contributed by atoms with E-state index in [1.807, 2.05) is 0 Å². The topological polar surface area (TPSA) is 136 Å². The van der Waals surface area contributed by atoms with Gasteiger partial charge in [0.1, 0.15) is 9.96 Å². The van der Waals surface area contributed by atoms with Crippen molar-refractivity contribution < 1.29 is 26.4 Å². The molecule has 0 aliphatic rings. The van der Waals surface area contributed by atoms with Gasteiger partial charge < -0.3 is 10.1 Å². The molecule has 0 aliphatic carbocycles. The number of methoxy groups -OCH3 is 1. The second kappa shape index (κ2) is 8.57. The van der Waals surface area contributed by atoms with Gasteiger partial charge in [-0.1, -0.05) is 13.8 Å². The minimum atomic E-state index is -3.91. The highest BCUT2D eigenvalue weighted by Crippen LogP contribution is 2.30. The highest BCUT2D eigenvalue weighted by atomic mass is 32.2. The van der Waals surface area contributed by atoms with Gasteiger partial charge >= 0.3 is 0 Å². The predicted molar refractivity (Wildman–Crippen MR) is 107 cm³/mol. The number of nitrogens with two attached hydrogens (primary N) is 1. The van der Waals surface area contributed by atoms with Gasteiger partial charge in [-0.2, -0.15) is 4.31 Å². The summed E-state index contributed by atoms with van der Waals surface area (Å²) in [6.07, 6.45) is 0. The first-order valence-electron chi connectivity index (χ1n) is 8.15. The molecule has 0 radical (unpaired) electrons. The molecule has 0 aliphatic heterocycles. The van der Waals surface area contributed by atoms with E-state index in [-0.39, 0.29) is 26.1 Å². The number of carbonyl (C=O) groups excluding carboxylic acids is 1. The molecule has 0 fully saturated rings. The molecule has 0 bridgehead atoms. The Labute approximate surface area is 168 Å². The lowest BCUT2D eigenvalue weighted by Gasteiger charge is -2.19. The normalized spacial score (nSPS) is 12.2. The quantitative estimate of drug-likeness (QED) is 0.632. The predicted octanol–water partition coefficient (Wildman–Crippen LogP) is 1.69. The number of anilines is 1. The summed E-state index contributed by atoms with van der Waals surface area (Å²) < 4.78 is 54.5. The summed E-state index contributed by atoms with van der Waals surface area (Å²) >= 11 is 0.815. The van der Waals surface area contributed by atoms with Gasteiger partial charge in [0.05, 0.1) is 23.3 Å². The SMILES string of the molecule is CCN(CC)S(=O)(=O)c1ccc(OC)c(NC(=O)c2csc(S(N)(=O)=O)c2)c1. The molecule has 28 heavy (non-hydrogen) atoms. The van der Waals surface area contributed by atoms with E-state index < -0.39 is 26.0 Å². The van der Waals surface area contributed by atoms with Crippen LogP contribution in [0.1, 0.15) is 24.2 Å². The van der Waals surface area contributed by atoms with E-state index in [2.05, 4.69) is 5.32 Å². The molecule has 0 spiro atoms. The average molecular weight is 448 g/mol. The maximum absolute atomic E-state index is 12.7. The van der Waals surface area contributed by atoms with Crippen LogP contribution in [-0.4, -0.2) is 47.2 Å². The summed E-state index contributed by atoms with van der Waals surface area (Å²) in [6, 6.07) is 5.29. The number of sulfonamides is 2. The Balaban J connectivity index is 2.39. The van der Waals surface area contributed by atoms with Gasteiger partial charge in [0.2, 0.25) is 20.0 Å². The van der Waals surface area contributed by atoms with E-state index in [4.69, 9.17) is 9.88 Å². The van der Waals surface area contributed by atoms with E-state index in [9.17, 15) is 21.6 Å². The summed E-state index contributed by atoms with van der Waals surface area (Å²) in [7, 11) is -6.26. The van der Waals surface area contributed by atoms with Gasteiger partial charge in [0.25, 0.3) is 5.91 Å². The highest BCUT2D eigenvalue weighted by Gasteiger charge is 2.24. The summed E-state index contributed by atoms with van der Waals surface area (Å²) in [6.45, 7) is 4.06. The molecule has 154 valence electrons. The average Bonchev–Trinajstić information content (AvgIpc) is 3.13. The van der Waals surface area contributed by atoms with E-state index in [0.29, 0.717) is 13.1 Å². The van der Waals surface area contributed by atoms with Crippen LogP contribution >= 0.6 is 11.3 Å². The molecule has 0 saturated heterocycles. The standard InChI is InChI=1S/C16H21N3O6S3/c1-4-19(5-2)28(23,24)12-6-7-14(25-3)13(9-12)18-16(20)11-8-15(26-10-11)27(17,21)22/h6-10H,4-5H2,1-3H3,(H,18,20)(H2,17,21,22). The molecule has 9 nitrogen and oxygen atoms in total. The summed E-state index contributed by atoms with van der Waals surface area (Å²) in [5, 5.41) is 8.95. The van der Waals surface area contributed by atoms with E-state index in [1.165, 1.54) is 35.0 Å². The number of primary sulfonamides is 1. The Hall–Kier alpha value is -1.99. The Morgan fingerprint density at radius 1 is 1.18 bits per heavy atom. The number of nitrogens with one attached hydrogen (secondary N) is 1. The van der Waals surface area contributed by atoms with Gasteiger partial charge in [-0.25, -0.2) is 22.0 Å².